The molecule has 4 heteroatoms. The monoisotopic (exact) mass is 403 g/mol. The molecule has 2 heterocycles. The molecule has 0 unspecified atom stereocenters. The van der Waals surface area contributed by atoms with E-state index < -0.39 is 0 Å². The lowest BCUT2D eigenvalue weighted by Crippen LogP contribution is -1.85. The smallest absolute Gasteiger partial charge is 0.138 e. The molecule has 0 saturated carbocycles. The molecule has 31 heavy (non-hydrogen) atoms. The van der Waals surface area contributed by atoms with Crippen LogP contribution in [0.1, 0.15) is 0 Å². The summed E-state index contributed by atoms with van der Waals surface area (Å²) in [6.45, 7) is 0. The van der Waals surface area contributed by atoms with Crippen LogP contribution in [0.5, 0.6) is 0 Å². The van der Waals surface area contributed by atoms with Gasteiger partial charge in [-0.25, -0.2) is 9.37 Å². The molecule has 148 valence electrons. The molecule has 0 aliphatic rings. The second kappa shape index (κ2) is 6.96. The standard InChI is InChI=1S/C27H18FN3/c28-19-14-12-18(13-15-19)27-30-25(22-10-5-7-17-6-1-2-8-20(17)22)26(31-27)23-16-29-24-11-4-3-9-21(23)24/h1-16,29H,(H,30,31). The summed E-state index contributed by atoms with van der Waals surface area (Å²) in [6.07, 6.45) is 2.00. The predicted octanol–water partition coefficient (Wildman–Crippen LogP) is 7.18. The van der Waals surface area contributed by atoms with Crippen molar-refractivity contribution in [1.29, 1.82) is 0 Å². The predicted molar refractivity (Wildman–Crippen MR) is 124 cm³/mol. The molecule has 0 radical (unpaired) electrons. The molecule has 6 rings (SSSR count). The molecule has 3 nitrogen and oxygen atoms in total. The molecule has 0 aliphatic heterocycles. The molecule has 2 N–H and O–H groups in total. The van der Waals surface area contributed by atoms with E-state index in [2.05, 4.69) is 58.5 Å². The van der Waals surface area contributed by atoms with Crippen molar-refractivity contribution in [2.45, 2.75) is 0 Å². The summed E-state index contributed by atoms with van der Waals surface area (Å²) in [5.41, 5.74) is 5.83. The fraction of sp³-hybridized carbons (Fsp3) is 0. The number of benzene rings is 4. The van der Waals surface area contributed by atoms with Gasteiger partial charge in [-0.2, -0.15) is 0 Å². The Hall–Kier alpha value is -4.18. The Morgan fingerprint density at radius 1 is 0.677 bits per heavy atom. The Morgan fingerprint density at radius 2 is 1.42 bits per heavy atom. The van der Waals surface area contributed by atoms with Gasteiger partial charge in [0, 0.05) is 33.8 Å². The highest BCUT2D eigenvalue weighted by Crippen LogP contribution is 2.39. The summed E-state index contributed by atoms with van der Waals surface area (Å²) in [5.74, 6) is 0.449. The maximum atomic E-state index is 13.5. The number of hydrogen-bond donors (Lipinski definition) is 2. The van der Waals surface area contributed by atoms with Crippen LogP contribution in [0.3, 0.4) is 0 Å². The van der Waals surface area contributed by atoms with Crippen LogP contribution in [0, 0.1) is 5.82 Å². The van der Waals surface area contributed by atoms with Gasteiger partial charge in [0.2, 0.25) is 0 Å². The number of para-hydroxylation sites is 1. The molecule has 0 bridgehead atoms. The molecule has 0 fully saturated rings. The normalized spacial score (nSPS) is 11.4. The zero-order valence-electron chi connectivity index (χ0n) is 16.6. The quantitative estimate of drug-likeness (QED) is 0.323. The average molecular weight is 403 g/mol. The average Bonchev–Trinajstić information content (AvgIpc) is 3.43. The van der Waals surface area contributed by atoms with E-state index in [1.54, 1.807) is 12.1 Å². The van der Waals surface area contributed by atoms with Gasteiger partial charge in [0.15, 0.2) is 0 Å². The van der Waals surface area contributed by atoms with E-state index in [0.29, 0.717) is 5.82 Å². The second-order valence-electron chi connectivity index (χ2n) is 7.59. The number of H-pyrrole nitrogens is 2. The van der Waals surface area contributed by atoms with Gasteiger partial charge in [0.25, 0.3) is 0 Å². The molecule has 0 atom stereocenters. The third-order valence-electron chi connectivity index (χ3n) is 5.72. The fourth-order valence-electron chi connectivity index (χ4n) is 4.22. The van der Waals surface area contributed by atoms with Crippen molar-refractivity contribution >= 4 is 21.7 Å². The lowest BCUT2D eigenvalue weighted by Gasteiger charge is -2.07. The van der Waals surface area contributed by atoms with E-state index >= 15 is 0 Å². The number of rotatable bonds is 3. The number of nitrogens with one attached hydrogen (secondary N) is 2. The van der Waals surface area contributed by atoms with Crippen molar-refractivity contribution < 1.29 is 4.39 Å². The van der Waals surface area contributed by atoms with Gasteiger partial charge in [-0.15, -0.1) is 0 Å². The largest absolute Gasteiger partial charge is 0.360 e. The highest BCUT2D eigenvalue weighted by atomic mass is 19.1. The van der Waals surface area contributed by atoms with E-state index in [4.69, 9.17) is 4.98 Å². The van der Waals surface area contributed by atoms with E-state index in [0.717, 1.165) is 44.4 Å². The van der Waals surface area contributed by atoms with Crippen LogP contribution in [0.2, 0.25) is 0 Å². The maximum Gasteiger partial charge on any atom is 0.138 e. The van der Waals surface area contributed by atoms with Crippen LogP contribution in [0.15, 0.2) is 97.2 Å². The van der Waals surface area contributed by atoms with E-state index in [1.165, 1.54) is 17.5 Å². The summed E-state index contributed by atoms with van der Waals surface area (Å²) < 4.78 is 13.5. The lowest BCUT2D eigenvalue weighted by atomic mass is 9.99. The zero-order chi connectivity index (χ0) is 20.8. The first-order valence-electron chi connectivity index (χ1n) is 10.2. The first-order chi connectivity index (χ1) is 15.3. The van der Waals surface area contributed by atoms with E-state index in [-0.39, 0.29) is 5.82 Å². The third-order valence-corrected chi connectivity index (χ3v) is 5.72. The van der Waals surface area contributed by atoms with Crippen LogP contribution in [0.4, 0.5) is 4.39 Å². The maximum absolute atomic E-state index is 13.5. The van der Waals surface area contributed by atoms with Crippen LogP contribution >= 0.6 is 0 Å². The molecular weight excluding hydrogens is 385 g/mol. The Morgan fingerprint density at radius 3 is 2.29 bits per heavy atom. The third kappa shape index (κ3) is 2.92. The molecule has 0 amide bonds. The summed E-state index contributed by atoms with van der Waals surface area (Å²) in [7, 11) is 0. The number of aromatic nitrogens is 3. The van der Waals surface area contributed by atoms with Crippen molar-refractivity contribution in [1.82, 2.24) is 15.0 Å². The summed E-state index contributed by atoms with van der Waals surface area (Å²) >= 11 is 0. The Kier molecular flexibility index (Phi) is 3.96. The van der Waals surface area contributed by atoms with Crippen LogP contribution in [-0.4, -0.2) is 15.0 Å². The van der Waals surface area contributed by atoms with Gasteiger partial charge in [-0.3, -0.25) is 0 Å². The first kappa shape index (κ1) is 17.7. The molecule has 0 saturated heterocycles. The Balaban J connectivity index is 1.65. The molecule has 0 spiro atoms. The van der Waals surface area contributed by atoms with Crippen LogP contribution < -0.4 is 0 Å². The number of nitrogens with zero attached hydrogens (tertiary/aromatic N) is 1. The molecule has 2 aromatic heterocycles. The second-order valence-corrected chi connectivity index (χ2v) is 7.59. The minimum atomic E-state index is -0.263. The van der Waals surface area contributed by atoms with Crippen molar-refractivity contribution in [2.24, 2.45) is 0 Å². The number of fused-ring (bicyclic) bond motifs is 2. The van der Waals surface area contributed by atoms with E-state index in [9.17, 15) is 4.39 Å². The van der Waals surface area contributed by atoms with Gasteiger partial charge in [0.05, 0.1) is 11.4 Å². The summed E-state index contributed by atoms with van der Waals surface area (Å²) in [5, 5.41) is 3.43. The van der Waals surface area contributed by atoms with Crippen molar-refractivity contribution in [3.05, 3.63) is 103 Å². The van der Waals surface area contributed by atoms with Gasteiger partial charge < -0.3 is 9.97 Å². The molecule has 4 aromatic carbocycles. The summed E-state index contributed by atoms with van der Waals surface area (Å²) in [6, 6.07) is 29.3. The van der Waals surface area contributed by atoms with Crippen LogP contribution in [-0.2, 0) is 0 Å². The topological polar surface area (TPSA) is 44.5 Å². The van der Waals surface area contributed by atoms with Crippen molar-refractivity contribution in [2.75, 3.05) is 0 Å². The Labute approximate surface area is 178 Å². The van der Waals surface area contributed by atoms with Crippen molar-refractivity contribution in [3.63, 3.8) is 0 Å². The van der Waals surface area contributed by atoms with Gasteiger partial charge in [0.1, 0.15) is 11.6 Å². The first-order valence-corrected chi connectivity index (χ1v) is 10.2. The molecule has 0 aliphatic carbocycles. The minimum Gasteiger partial charge on any atom is -0.360 e. The van der Waals surface area contributed by atoms with Gasteiger partial charge in [-0.05, 0) is 41.1 Å². The summed E-state index contributed by atoms with van der Waals surface area (Å²) in [4.78, 5) is 11.9. The highest BCUT2D eigenvalue weighted by molar-refractivity contribution is 6.03. The van der Waals surface area contributed by atoms with E-state index in [1.807, 2.05) is 24.4 Å². The van der Waals surface area contributed by atoms with Gasteiger partial charge in [-0.1, -0.05) is 60.7 Å². The SMILES string of the molecule is Fc1ccc(-c2nc(-c3c[nH]c4ccccc34)c(-c3cccc4ccccc34)[nH]2)cc1. The van der Waals surface area contributed by atoms with Crippen LogP contribution in [0.25, 0.3) is 55.6 Å². The van der Waals surface area contributed by atoms with Crippen molar-refractivity contribution in [3.8, 4) is 33.9 Å². The number of imidazole rings is 1. The highest BCUT2D eigenvalue weighted by Gasteiger charge is 2.19. The number of hydrogen-bond acceptors (Lipinski definition) is 1. The van der Waals surface area contributed by atoms with Gasteiger partial charge >= 0.3 is 0 Å². The fourth-order valence-corrected chi connectivity index (χ4v) is 4.22. The molecule has 6 aromatic rings. The minimum absolute atomic E-state index is 0.263. The number of aromatic amines is 2. The zero-order valence-corrected chi connectivity index (χ0v) is 16.6. The Bertz CT molecular complexity index is 1540. The lowest BCUT2D eigenvalue weighted by molar-refractivity contribution is 0.628. The number of halogens is 1. The molecular formula is C27H18FN3.